The summed E-state index contributed by atoms with van der Waals surface area (Å²) in [5.41, 5.74) is 2.05. The number of aliphatic hydroxyl groups is 2. The van der Waals surface area contributed by atoms with E-state index in [0.717, 1.165) is 38.0 Å². The second-order valence-electron chi connectivity index (χ2n) is 11.4. The monoisotopic (exact) mass is 428 g/mol. The molecule has 172 valence electrons. The second-order valence-corrected chi connectivity index (χ2v) is 11.4. The molecular formula is C25H39F3O2. The van der Waals surface area contributed by atoms with Gasteiger partial charge >= 0.3 is 6.18 Å². The first-order valence-electron chi connectivity index (χ1n) is 12.2. The van der Waals surface area contributed by atoms with Gasteiger partial charge in [-0.25, -0.2) is 0 Å². The third-order valence-electron chi connectivity index (χ3n) is 9.83. The van der Waals surface area contributed by atoms with Crippen LogP contribution in [-0.2, 0) is 0 Å². The molecule has 2 nitrogen and oxygen atoms in total. The molecule has 3 saturated carbocycles. The van der Waals surface area contributed by atoms with E-state index < -0.39 is 18.7 Å². The van der Waals surface area contributed by atoms with Crippen molar-refractivity contribution in [1.29, 1.82) is 0 Å². The minimum Gasteiger partial charge on any atom is -0.393 e. The van der Waals surface area contributed by atoms with E-state index in [2.05, 4.69) is 19.9 Å². The van der Waals surface area contributed by atoms with Crippen molar-refractivity contribution >= 4 is 0 Å². The van der Waals surface area contributed by atoms with Crippen molar-refractivity contribution in [3.8, 4) is 0 Å². The molecule has 2 unspecified atom stereocenters. The highest BCUT2D eigenvalue weighted by molar-refractivity contribution is 5.25. The third-order valence-corrected chi connectivity index (χ3v) is 9.83. The first-order valence-corrected chi connectivity index (χ1v) is 12.2. The Morgan fingerprint density at radius 1 is 1.10 bits per heavy atom. The summed E-state index contributed by atoms with van der Waals surface area (Å²) in [5.74, 6) is 2.72. The number of halogens is 3. The van der Waals surface area contributed by atoms with Crippen LogP contribution in [0.15, 0.2) is 11.6 Å². The standard InChI is InChI=1S/C25H39F3O2/c1-23-13-11-22-20(8-6-17-14-18(29)10-12-24(17,22)2)21(23)9-7-16(23)4-3-5-19(30)15-25(26,27)28/h6,16,18-22,29-30H,3-5,7-15H2,1-2H3/t16-,18-,19+,20-,21?,22?,23+,24-/m0/s1. The summed E-state index contributed by atoms with van der Waals surface area (Å²) in [6.45, 7) is 4.89. The summed E-state index contributed by atoms with van der Waals surface area (Å²) < 4.78 is 37.4. The van der Waals surface area contributed by atoms with Crippen molar-refractivity contribution in [2.45, 2.75) is 109 Å². The SMILES string of the molecule is C[C@]12CC[C@H](O)CC1=CC[C@@H]1C2CC[C@@]2(C)C1CC[C@@H]2CCC[C@@H](O)CC(F)(F)F. The molecule has 0 aromatic rings. The minimum absolute atomic E-state index is 0.168. The highest BCUT2D eigenvalue weighted by Crippen LogP contribution is 2.66. The van der Waals surface area contributed by atoms with Crippen LogP contribution in [0.4, 0.5) is 13.2 Å². The van der Waals surface area contributed by atoms with Crippen LogP contribution in [0, 0.1) is 34.5 Å². The van der Waals surface area contributed by atoms with Crippen molar-refractivity contribution in [1.82, 2.24) is 0 Å². The van der Waals surface area contributed by atoms with Crippen molar-refractivity contribution in [2.24, 2.45) is 34.5 Å². The lowest BCUT2D eigenvalue weighted by Crippen LogP contribution is -2.50. The fourth-order valence-electron chi connectivity index (χ4n) is 8.19. The van der Waals surface area contributed by atoms with Crippen LogP contribution in [0.5, 0.6) is 0 Å². The maximum atomic E-state index is 12.5. The molecule has 30 heavy (non-hydrogen) atoms. The maximum Gasteiger partial charge on any atom is 0.391 e. The molecule has 0 heterocycles. The quantitative estimate of drug-likeness (QED) is 0.497. The Hall–Kier alpha value is -0.550. The van der Waals surface area contributed by atoms with Crippen molar-refractivity contribution < 1.29 is 23.4 Å². The van der Waals surface area contributed by atoms with E-state index in [0.29, 0.717) is 29.6 Å². The zero-order valence-electron chi connectivity index (χ0n) is 18.6. The summed E-state index contributed by atoms with van der Waals surface area (Å²) in [4.78, 5) is 0. The van der Waals surface area contributed by atoms with E-state index in [9.17, 15) is 23.4 Å². The Bertz CT molecular complexity index is 659. The van der Waals surface area contributed by atoms with Gasteiger partial charge in [-0.3, -0.25) is 0 Å². The highest BCUT2D eigenvalue weighted by atomic mass is 19.4. The summed E-state index contributed by atoms with van der Waals surface area (Å²) in [6, 6.07) is 0. The van der Waals surface area contributed by atoms with Gasteiger partial charge in [0.25, 0.3) is 0 Å². The molecule has 8 atom stereocenters. The van der Waals surface area contributed by atoms with Gasteiger partial charge in [-0.2, -0.15) is 13.2 Å². The van der Waals surface area contributed by atoms with Gasteiger partial charge in [-0.15, -0.1) is 0 Å². The van der Waals surface area contributed by atoms with Gasteiger partial charge in [0.15, 0.2) is 0 Å². The van der Waals surface area contributed by atoms with Gasteiger partial charge in [0, 0.05) is 0 Å². The average molecular weight is 429 g/mol. The van der Waals surface area contributed by atoms with Gasteiger partial charge in [-0.1, -0.05) is 31.9 Å². The first-order chi connectivity index (χ1) is 14.0. The zero-order chi connectivity index (χ0) is 21.7. The molecule has 0 saturated heterocycles. The Morgan fingerprint density at radius 3 is 2.60 bits per heavy atom. The molecule has 3 fully saturated rings. The van der Waals surface area contributed by atoms with Crippen LogP contribution in [-0.4, -0.2) is 28.6 Å². The summed E-state index contributed by atoms with van der Waals surface area (Å²) in [6.07, 6.45) is 6.48. The van der Waals surface area contributed by atoms with Crippen LogP contribution in [0.3, 0.4) is 0 Å². The molecule has 0 aromatic heterocycles. The smallest absolute Gasteiger partial charge is 0.391 e. The summed E-state index contributed by atoms with van der Waals surface area (Å²) >= 11 is 0. The van der Waals surface area contributed by atoms with Gasteiger partial charge < -0.3 is 10.2 Å². The molecule has 4 aliphatic carbocycles. The number of rotatable bonds is 5. The Kier molecular flexibility index (Phi) is 6.11. The molecule has 0 radical (unpaired) electrons. The lowest BCUT2D eigenvalue weighted by molar-refractivity contribution is -0.154. The van der Waals surface area contributed by atoms with Gasteiger partial charge in [0.05, 0.1) is 18.6 Å². The first kappa shape index (κ1) is 22.6. The number of hydrogen-bond donors (Lipinski definition) is 2. The molecular weight excluding hydrogens is 389 g/mol. The van der Waals surface area contributed by atoms with Crippen LogP contribution in [0.25, 0.3) is 0 Å². The van der Waals surface area contributed by atoms with E-state index in [-0.39, 0.29) is 17.9 Å². The van der Waals surface area contributed by atoms with E-state index in [1.54, 1.807) is 0 Å². The van der Waals surface area contributed by atoms with Gasteiger partial charge in [0.2, 0.25) is 0 Å². The Balaban J connectivity index is 1.39. The molecule has 4 rings (SSSR count). The molecule has 0 amide bonds. The predicted molar refractivity (Wildman–Crippen MR) is 112 cm³/mol. The summed E-state index contributed by atoms with van der Waals surface area (Å²) in [7, 11) is 0. The van der Waals surface area contributed by atoms with Gasteiger partial charge in [-0.05, 0) is 98.7 Å². The molecule has 0 bridgehead atoms. The van der Waals surface area contributed by atoms with Crippen LogP contribution in [0.1, 0.15) is 90.9 Å². The van der Waals surface area contributed by atoms with Gasteiger partial charge in [0.1, 0.15) is 0 Å². The third kappa shape index (κ3) is 4.10. The Morgan fingerprint density at radius 2 is 1.87 bits per heavy atom. The lowest BCUT2D eigenvalue weighted by atomic mass is 9.47. The molecule has 0 spiro atoms. The maximum absolute atomic E-state index is 12.5. The topological polar surface area (TPSA) is 40.5 Å². The normalized spacial score (nSPS) is 44.6. The fourth-order valence-corrected chi connectivity index (χ4v) is 8.19. The largest absolute Gasteiger partial charge is 0.393 e. The average Bonchev–Trinajstić information content (AvgIpc) is 2.97. The highest BCUT2D eigenvalue weighted by Gasteiger charge is 2.58. The molecule has 0 aliphatic heterocycles. The van der Waals surface area contributed by atoms with Crippen molar-refractivity contribution in [3.05, 3.63) is 11.6 Å². The summed E-state index contributed by atoms with van der Waals surface area (Å²) in [5, 5.41) is 19.9. The number of allylic oxidation sites excluding steroid dienone is 1. The van der Waals surface area contributed by atoms with Crippen LogP contribution in [0.2, 0.25) is 0 Å². The van der Waals surface area contributed by atoms with Crippen LogP contribution >= 0.6 is 0 Å². The van der Waals surface area contributed by atoms with E-state index in [1.165, 1.54) is 31.3 Å². The Labute approximate surface area is 179 Å². The molecule has 5 heteroatoms. The number of alkyl halides is 3. The number of hydrogen-bond acceptors (Lipinski definition) is 2. The predicted octanol–water partition coefficient (Wildman–Crippen LogP) is 6.41. The minimum atomic E-state index is -4.28. The van der Waals surface area contributed by atoms with Crippen molar-refractivity contribution in [2.75, 3.05) is 0 Å². The second kappa shape index (κ2) is 8.10. The van der Waals surface area contributed by atoms with Crippen LogP contribution < -0.4 is 0 Å². The van der Waals surface area contributed by atoms with E-state index >= 15 is 0 Å². The molecule has 2 N–H and O–H groups in total. The molecule has 4 aliphatic rings. The molecule has 0 aromatic carbocycles. The number of fused-ring (bicyclic) bond motifs is 5. The van der Waals surface area contributed by atoms with E-state index in [1.807, 2.05) is 0 Å². The fraction of sp³-hybridized carbons (Fsp3) is 0.920. The number of aliphatic hydroxyl groups excluding tert-OH is 2. The van der Waals surface area contributed by atoms with Crippen molar-refractivity contribution in [3.63, 3.8) is 0 Å². The lowest BCUT2D eigenvalue weighted by Gasteiger charge is -2.58. The van der Waals surface area contributed by atoms with E-state index in [4.69, 9.17) is 0 Å². The zero-order valence-corrected chi connectivity index (χ0v) is 18.6.